The van der Waals surface area contributed by atoms with Crippen LogP contribution in [0.5, 0.6) is 0 Å². The molecule has 0 radical (unpaired) electrons. The fourth-order valence-corrected chi connectivity index (χ4v) is 2.12. The summed E-state index contributed by atoms with van der Waals surface area (Å²) in [5.74, 6) is -2.23. The van der Waals surface area contributed by atoms with Crippen molar-refractivity contribution in [2.75, 3.05) is 0 Å². The fourth-order valence-electron chi connectivity index (χ4n) is 2.12. The lowest BCUT2D eigenvalue weighted by Gasteiger charge is -2.36. The molecule has 0 aromatic rings. The lowest BCUT2D eigenvalue weighted by molar-refractivity contribution is -0.0387. The summed E-state index contributed by atoms with van der Waals surface area (Å²) in [6.07, 6.45) is 2.91. The Hall–Kier alpha value is -0.440. The van der Waals surface area contributed by atoms with Crippen molar-refractivity contribution in [1.82, 2.24) is 0 Å². The molecule has 3 heteroatoms. The monoisotopic (exact) mass is 218 g/mol. The van der Waals surface area contributed by atoms with Gasteiger partial charge in [0.1, 0.15) is 0 Å². The zero-order valence-corrected chi connectivity index (χ0v) is 9.63. The number of allylic oxidation sites excluding steroid dienone is 1. The van der Waals surface area contributed by atoms with Gasteiger partial charge in [0.05, 0.1) is 5.60 Å². The fraction of sp³-hybridized carbons (Fsp3) is 0.833. The van der Waals surface area contributed by atoms with E-state index in [1.807, 2.05) is 6.92 Å². The Labute approximate surface area is 90.2 Å². The van der Waals surface area contributed by atoms with Gasteiger partial charge in [-0.3, -0.25) is 0 Å². The first kappa shape index (κ1) is 12.6. The van der Waals surface area contributed by atoms with E-state index in [-0.39, 0.29) is 18.8 Å². The van der Waals surface area contributed by atoms with Crippen molar-refractivity contribution in [2.45, 2.75) is 51.6 Å². The number of aliphatic hydroxyl groups is 1. The van der Waals surface area contributed by atoms with Crippen molar-refractivity contribution >= 4 is 0 Å². The number of hydrogen-bond acceptors (Lipinski definition) is 1. The molecule has 1 nitrogen and oxygen atoms in total. The zero-order chi connectivity index (χ0) is 11.7. The number of hydrogen-bond donors (Lipinski definition) is 1. The second kappa shape index (κ2) is 4.20. The topological polar surface area (TPSA) is 20.2 Å². The molecule has 0 spiro atoms. The summed E-state index contributed by atoms with van der Waals surface area (Å²) in [5.41, 5.74) is -1.04. The third-order valence-corrected chi connectivity index (χ3v) is 3.15. The van der Waals surface area contributed by atoms with Crippen molar-refractivity contribution < 1.29 is 13.9 Å². The van der Waals surface area contributed by atoms with Gasteiger partial charge in [-0.25, -0.2) is 8.78 Å². The molecule has 0 aromatic carbocycles. The Balaban J connectivity index is 2.69. The van der Waals surface area contributed by atoms with E-state index in [4.69, 9.17) is 0 Å². The minimum atomic E-state index is -2.73. The number of alkyl halides is 2. The van der Waals surface area contributed by atoms with E-state index in [0.29, 0.717) is 5.92 Å². The first-order valence-electron chi connectivity index (χ1n) is 5.56. The van der Waals surface area contributed by atoms with Crippen LogP contribution in [0.15, 0.2) is 12.2 Å². The summed E-state index contributed by atoms with van der Waals surface area (Å²) in [5, 5.41) is 10.2. The first-order valence-corrected chi connectivity index (χ1v) is 5.56. The van der Waals surface area contributed by atoms with E-state index in [9.17, 15) is 13.9 Å². The molecule has 2 unspecified atom stereocenters. The summed E-state index contributed by atoms with van der Waals surface area (Å²) in [4.78, 5) is 0. The highest BCUT2D eigenvalue weighted by molar-refractivity contribution is 5.13. The van der Waals surface area contributed by atoms with Crippen LogP contribution in [0.4, 0.5) is 8.78 Å². The zero-order valence-electron chi connectivity index (χ0n) is 9.63. The van der Waals surface area contributed by atoms with Crippen LogP contribution in [0.3, 0.4) is 0 Å². The van der Waals surface area contributed by atoms with Gasteiger partial charge in [-0.2, -0.15) is 0 Å². The molecule has 0 saturated heterocycles. The molecule has 0 saturated carbocycles. The second-order valence-corrected chi connectivity index (χ2v) is 5.12. The molecule has 88 valence electrons. The summed E-state index contributed by atoms with van der Waals surface area (Å²) in [6, 6.07) is 0. The molecule has 0 fully saturated rings. The Morgan fingerprint density at radius 3 is 2.20 bits per heavy atom. The van der Waals surface area contributed by atoms with Crippen LogP contribution in [-0.4, -0.2) is 16.6 Å². The van der Waals surface area contributed by atoms with Crippen molar-refractivity contribution in [1.29, 1.82) is 0 Å². The average molecular weight is 218 g/mol. The summed E-state index contributed by atoms with van der Waals surface area (Å²) >= 11 is 0. The minimum Gasteiger partial charge on any atom is -0.386 e. The van der Waals surface area contributed by atoms with Crippen LogP contribution in [0.1, 0.15) is 40.0 Å². The Morgan fingerprint density at radius 2 is 1.80 bits per heavy atom. The van der Waals surface area contributed by atoms with Crippen LogP contribution in [0, 0.1) is 11.8 Å². The van der Waals surface area contributed by atoms with Crippen LogP contribution < -0.4 is 0 Å². The molecule has 1 aliphatic rings. The SMILES string of the molecule is CC(C)CC(C)C1(O)C=CC(F)(F)CC1. The lowest BCUT2D eigenvalue weighted by Crippen LogP contribution is -2.40. The van der Waals surface area contributed by atoms with Gasteiger partial charge >= 0.3 is 0 Å². The highest BCUT2D eigenvalue weighted by Gasteiger charge is 2.40. The molecule has 1 N–H and O–H groups in total. The average Bonchev–Trinajstić information content (AvgIpc) is 2.09. The van der Waals surface area contributed by atoms with Crippen LogP contribution >= 0.6 is 0 Å². The summed E-state index contributed by atoms with van der Waals surface area (Å²) < 4.78 is 25.8. The van der Waals surface area contributed by atoms with Gasteiger partial charge in [0.2, 0.25) is 0 Å². The number of halogens is 2. The van der Waals surface area contributed by atoms with E-state index in [2.05, 4.69) is 13.8 Å². The van der Waals surface area contributed by atoms with E-state index in [1.165, 1.54) is 6.08 Å². The molecular weight excluding hydrogens is 198 g/mol. The quantitative estimate of drug-likeness (QED) is 0.720. The van der Waals surface area contributed by atoms with Crippen LogP contribution in [0.2, 0.25) is 0 Å². The number of rotatable bonds is 3. The predicted octanol–water partition coefficient (Wildman–Crippen LogP) is 3.39. The third-order valence-electron chi connectivity index (χ3n) is 3.15. The van der Waals surface area contributed by atoms with Gasteiger partial charge < -0.3 is 5.11 Å². The molecule has 0 amide bonds. The molecule has 0 bridgehead atoms. The van der Waals surface area contributed by atoms with Gasteiger partial charge in [-0.15, -0.1) is 0 Å². The van der Waals surface area contributed by atoms with Crippen molar-refractivity contribution in [3.63, 3.8) is 0 Å². The smallest absolute Gasteiger partial charge is 0.266 e. The van der Waals surface area contributed by atoms with Crippen molar-refractivity contribution in [2.24, 2.45) is 11.8 Å². The maximum atomic E-state index is 12.9. The molecule has 0 heterocycles. The Morgan fingerprint density at radius 1 is 1.20 bits per heavy atom. The van der Waals surface area contributed by atoms with Crippen LogP contribution in [-0.2, 0) is 0 Å². The highest BCUT2D eigenvalue weighted by atomic mass is 19.3. The maximum Gasteiger partial charge on any atom is 0.266 e. The Bertz CT molecular complexity index is 248. The lowest BCUT2D eigenvalue weighted by atomic mass is 9.76. The molecule has 15 heavy (non-hydrogen) atoms. The van der Waals surface area contributed by atoms with Crippen molar-refractivity contribution in [3.8, 4) is 0 Å². The molecule has 0 aliphatic heterocycles. The van der Waals surface area contributed by atoms with Gasteiger partial charge in [-0.05, 0) is 30.8 Å². The summed E-state index contributed by atoms with van der Waals surface area (Å²) in [6.45, 7) is 6.07. The Kier molecular flexibility index (Phi) is 3.54. The maximum absolute atomic E-state index is 12.9. The van der Waals surface area contributed by atoms with Gasteiger partial charge in [0.25, 0.3) is 5.92 Å². The normalized spacial score (nSPS) is 31.9. The first-order chi connectivity index (χ1) is 6.75. The highest BCUT2D eigenvalue weighted by Crippen LogP contribution is 2.38. The molecule has 2 atom stereocenters. The van der Waals surface area contributed by atoms with E-state index in [1.54, 1.807) is 0 Å². The molecule has 1 rings (SSSR count). The standard InChI is InChI=1S/C12H20F2O/c1-9(2)8-10(3)11(15)4-6-12(13,14)7-5-11/h4,6,9-10,15H,5,7-8H2,1-3H3. The second-order valence-electron chi connectivity index (χ2n) is 5.12. The van der Waals surface area contributed by atoms with E-state index < -0.39 is 11.5 Å². The molecular formula is C12H20F2O. The van der Waals surface area contributed by atoms with E-state index >= 15 is 0 Å². The van der Waals surface area contributed by atoms with Gasteiger partial charge in [0, 0.05) is 6.42 Å². The van der Waals surface area contributed by atoms with Crippen LogP contribution in [0.25, 0.3) is 0 Å². The van der Waals surface area contributed by atoms with Gasteiger partial charge in [-0.1, -0.05) is 26.8 Å². The molecule has 0 aromatic heterocycles. The third kappa shape index (κ3) is 3.26. The van der Waals surface area contributed by atoms with Crippen molar-refractivity contribution in [3.05, 3.63) is 12.2 Å². The van der Waals surface area contributed by atoms with E-state index in [0.717, 1.165) is 12.5 Å². The minimum absolute atomic E-state index is 0.0323. The predicted molar refractivity (Wildman–Crippen MR) is 56.9 cm³/mol. The summed E-state index contributed by atoms with van der Waals surface area (Å²) in [7, 11) is 0. The van der Waals surface area contributed by atoms with Gasteiger partial charge in [0.15, 0.2) is 0 Å². The molecule has 1 aliphatic carbocycles. The largest absolute Gasteiger partial charge is 0.386 e.